The van der Waals surface area contributed by atoms with E-state index in [0.29, 0.717) is 11.5 Å². The number of hydrogen-bond acceptors (Lipinski definition) is 3. The molecule has 1 fully saturated rings. The first-order valence-electron chi connectivity index (χ1n) is 7.84. The summed E-state index contributed by atoms with van der Waals surface area (Å²) in [6.07, 6.45) is 2.43. The van der Waals surface area contributed by atoms with Gasteiger partial charge in [0.25, 0.3) is 0 Å². The van der Waals surface area contributed by atoms with Crippen LogP contribution >= 0.6 is 0 Å². The van der Waals surface area contributed by atoms with Crippen LogP contribution in [0.25, 0.3) is 0 Å². The number of hydrogen-bond donors (Lipinski definition) is 1. The van der Waals surface area contributed by atoms with Gasteiger partial charge in [-0.2, -0.15) is 0 Å². The third-order valence-electron chi connectivity index (χ3n) is 3.92. The van der Waals surface area contributed by atoms with Gasteiger partial charge in [-0.15, -0.1) is 0 Å². The molecule has 3 nitrogen and oxygen atoms in total. The molecule has 3 heteroatoms. The molecule has 0 aromatic rings. The Bertz CT molecular complexity index is 258. The third kappa shape index (κ3) is 6.24. The van der Waals surface area contributed by atoms with Crippen molar-refractivity contribution in [1.29, 1.82) is 0 Å². The van der Waals surface area contributed by atoms with Crippen molar-refractivity contribution in [2.45, 2.75) is 66.0 Å². The van der Waals surface area contributed by atoms with Gasteiger partial charge >= 0.3 is 0 Å². The van der Waals surface area contributed by atoms with Crippen LogP contribution in [0.15, 0.2) is 0 Å². The van der Waals surface area contributed by atoms with Crippen LogP contribution in [0.4, 0.5) is 0 Å². The molecule has 0 aromatic carbocycles. The van der Waals surface area contributed by atoms with Crippen molar-refractivity contribution in [3.63, 3.8) is 0 Å². The second-order valence-electron chi connectivity index (χ2n) is 7.55. The van der Waals surface area contributed by atoms with E-state index in [4.69, 9.17) is 4.74 Å². The van der Waals surface area contributed by atoms with Crippen LogP contribution in [-0.4, -0.2) is 49.3 Å². The van der Waals surface area contributed by atoms with E-state index in [0.717, 1.165) is 26.2 Å². The Morgan fingerprint density at radius 1 is 1.32 bits per heavy atom. The first-order chi connectivity index (χ1) is 8.74. The average Bonchev–Trinajstić information content (AvgIpc) is 2.26. The molecule has 0 saturated carbocycles. The summed E-state index contributed by atoms with van der Waals surface area (Å²) in [6, 6.07) is 0.596. The zero-order valence-corrected chi connectivity index (χ0v) is 13.9. The van der Waals surface area contributed by atoms with Crippen molar-refractivity contribution in [1.82, 2.24) is 10.2 Å². The molecule has 0 amide bonds. The van der Waals surface area contributed by atoms with Crippen LogP contribution in [0, 0.1) is 5.41 Å². The lowest BCUT2D eigenvalue weighted by molar-refractivity contribution is -0.0869. The fourth-order valence-corrected chi connectivity index (χ4v) is 2.78. The summed E-state index contributed by atoms with van der Waals surface area (Å²) in [4.78, 5) is 2.55. The van der Waals surface area contributed by atoms with Gasteiger partial charge < -0.3 is 10.1 Å². The summed E-state index contributed by atoms with van der Waals surface area (Å²) in [5, 5.41) is 3.71. The van der Waals surface area contributed by atoms with Crippen LogP contribution in [0.3, 0.4) is 0 Å². The van der Waals surface area contributed by atoms with E-state index < -0.39 is 0 Å². The van der Waals surface area contributed by atoms with Crippen LogP contribution < -0.4 is 5.32 Å². The van der Waals surface area contributed by atoms with Gasteiger partial charge in [0, 0.05) is 19.1 Å². The minimum atomic E-state index is 0.0202. The number of nitrogens with zero attached hydrogens (tertiary/aromatic N) is 1. The summed E-state index contributed by atoms with van der Waals surface area (Å²) in [7, 11) is 0. The van der Waals surface area contributed by atoms with Gasteiger partial charge in [-0.05, 0) is 45.2 Å². The second-order valence-corrected chi connectivity index (χ2v) is 7.55. The van der Waals surface area contributed by atoms with Crippen molar-refractivity contribution < 1.29 is 4.74 Å². The quantitative estimate of drug-likeness (QED) is 0.803. The van der Waals surface area contributed by atoms with Crippen molar-refractivity contribution >= 4 is 0 Å². The monoisotopic (exact) mass is 270 g/mol. The van der Waals surface area contributed by atoms with E-state index in [1.54, 1.807) is 0 Å². The summed E-state index contributed by atoms with van der Waals surface area (Å²) in [5.74, 6) is 0. The van der Waals surface area contributed by atoms with Gasteiger partial charge in [0.05, 0.1) is 12.2 Å². The second kappa shape index (κ2) is 7.05. The van der Waals surface area contributed by atoms with E-state index >= 15 is 0 Å². The maximum atomic E-state index is 5.78. The largest absolute Gasteiger partial charge is 0.373 e. The standard InChI is InChI=1S/C16H34N2O/c1-7-9-17-14(15(2,3)4)8-10-18-11-12-19-16(5,6)13-18/h14,17H,7-13H2,1-6H3. The van der Waals surface area contributed by atoms with E-state index in [1.165, 1.54) is 19.4 Å². The minimum absolute atomic E-state index is 0.0202. The Morgan fingerprint density at radius 3 is 2.53 bits per heavy atom. The third-order valence-corrected chi connectivity index (χ3v) is 3.92. The first kappa shape index (κ1) is 16.9. The summed E-state index contributed by atoms with van der Waals surface area (Å²) < 4.78 is 5.78. The summed E-state index contributed by atoms with van der Waals surface area (Å²) in [5.41, 5.74) is 0.350. The van der Waals surface area contributed by atoms with Crippen molar-refractivity contribution in [2.24, 2.45) is 5.41 Å². The molecule has 114 valence electrons. The molecule has 1 N–H and O–H groups in total. The zero-order valence-electron chi connectivity index (χ0n) is 13.9. The highest BCUT2D eigenvalue weighted by Crippen LogP contribution is 2.23. The van der Waals surface area contributed by atoms with E-state index in [1.807, 2.05) is 0 Å². The molecule has 0 aliphatic carbocycles. The van der Waals surface area contributed by atoms with Crippen molar-refractivity contribution in [2.75, 3.05) is 32.8 Å². The van der Waals surface area contributed by atoms with Gasteiger partial charge in [0.15, 0.2) is 0 Å². The zero-order chi connectivity index (χ0) is 14.5. The van der Waals surface area contributed by atoms with Gasteiger partial charge in [-0.25, -0.2) is 0 Å². The molecule has 1 heterocycles. The SMILES string of the molecule is CCCNC(CCN1CCOC(C)(C)C1)C(C)(C)C. The number of morpholine rings is 1. The highest BCUT2D eigenvalue weighted by Gasteiger charge is 2.29. The molecule has 1 unspecified atom stereocenters. The average molecular weight is 270 g/mol. The molecular weight excluding hydrogens is 236 g/mol. The van der Waals surface area contributed by atoms with Gasteiger partial charge in [-0.1, -0.05) is 27.7 Å². The lowest BCUT2D eigenvalue weighted by Gasteiger charge is -2.40. The minimum Gasteiger partial charge on any atom is -0.373 e. The number of nitrogens with one attached hydrogen (secondary N) is 1. The first-order valence-corrected chi connectivity index (χ1v) is 7.84. The van der Waals surface area contributed by atoms with Crippen LogP contribution in [0.2, 0.25) is 0 Å². The molecular formula is C16H34N2O. The normalized spacial score (nSPS) is 22.4. The van der Waals surface area contributed by atoms with E-state index in [2.05, 4.69) is 51.8 Å². The van der Waals surface area contributed by atoms with Gasteiger partial charge in [0.2, 0.25) is 0 Å². The summed E-state index contributed by atoms with van der Waals surface area (Å²) in [6.45, 7) is 18.9. The topological polar surface area (TPSA) is 24.5 Å². The maximum absolute atomic E-state index is 5.78. The van der Waals surface area contributed by atoms with Crippen molar-refractivity contribution in [3.05, 3.63) is 0 Å². The molecule has 1 atom stereocenters. The number of ether oxygens (including phenoxy) is 1. The molecule has 1 saturated heterocycles. The van der Waals surface area contributed by atoms with Gasteiger partial charge in [-0.3, -0.25) is 4.90 Å². The van der Waals surface area contributed by atoms with E-state index in [-0.39, 0.29) is 5.60 Å². The molecule has 0 bridgehead atoms. The van der Waals surface area contributed by atoms with Crippen molar-refractivity contribution in [3.8, 4) is 0 Å². The molecule has 0 aromatic heterocycles. The molecule has 1 aliphatic heterocycles. The van der Waals surface area contributed by atoms with Crippen LogP contribution in [0.1, 0.15) is 54.4 Å². The van der Waals surface area contributed by atoms with Crippen LogP contribution in [0.5, 0.6) is 0 Å². The smallest absolute Gasteiger partial charge is 0.0753 e. The maximum Gasteiger partial charge on any atom is 0.0753 e. The Balaban J connectivity index is 2.42. The molecule has 1 rings (SSSR count). The van der Waals surface area contributed by atoms with Crippen LogP contribution in [-0.2, 0) is 4.74 Å². The highest BCUT2D eigenvalue weighted by molar-refractivity contribution is 4.84. The number of rotatable bonds is 6. The Morgan fingerprint density at radius 2 is 2.00 bits per heavy atom. The Hall–Kier alpha value is -0.120. The fraction of sp³-hybridized carbons (Fsp3) is 1.00. The predicted octanol–water partition coefficient (Wildman–Crippen LogP) is 2.90. The Kier molecular flexibility index (Phi) is 6.28. The fourth-order valence-electron chi connectivity index (χ4n) is 2.78. The van der Waals surface area contributed by atoms with Gasteiger partial charge in [0.1, 0.15) is 0 Å². The molecule has 0 spiro atoms. The molecule has 19 heavy (non-hydrogen) atoms. The predicted molar refractivity (Wildman–Crippen MR) is 82.6 cm³/mol. The highest BCUT2D eigenvalue weighted by atomic mass is 16.5. The molecule has 0 radical (unpaired) electrons. The lowest BCUT2D eigenvalue weighted by Crippen LogP contribution is -2.50. The Labute approximate surface area is 120 Å². The lowest BCUT2D eigenvalue weighted by atomic mass is 9.84. The summed E-state index contributed by atoms with van der Waals surface area (Å²) >= 11 is 0. The molecule has 1 aliphatic rings. The van der Waals surface area contributed by atoms with E-state index in [9.17, 15) is 0 Å².